The molecule has 9 aromatic rings. The van der Waals surface area contributed by atoms with Crippen LogP contribution in [0.15, 0.2) is 200 Å². The Morgan fingerprint density at radius 3 is 0.885 bits per heavy atom. The zero-order valence-electron chi connectivity index (χ0n) is 55.8. The molecular formula is C81H90N6O9. The average Bonchev–Trinajstić information content (AvgIpc) is 1.63. The van der Waals surface area contributed by atoms with Crippen LogP contribution in [0.25, 0.3) is 33.4 Å². The van der Waals surface area contributed by atoms with E-state index >= 15 is 0 Å². The van der Waals surface area contributed by atoms with Gasteiger partial charge in [-0.25, -0.2) is 0 Å². The van der Waals surface area contributed by atoms with Crippen LogP contribution in [0.5, 0.6) is 17.2 Å². The third-order valence-corrected chi connectivity index (χ3v) is 18.2. The molecule has 0 aromatic heterocycles. The number of ether oxygens (including phenoxy) is 3. The van der Waals surface area contributed by atoms with Gasteiger partial charge in [-0.2, -0.15) is 0 Å². The maximum Gasteiger partial charge on any atom is 0.216 e. The Balaban J connectivity index is 0.000000157. The van der Waals surface area contributed by atoms with Gasteiger partial charge in [0.15, 0.2) is 0 Å². The van der Waals surface area contributed by atoms with Gasteiger partial charge in [0.2, 0.25) is 17.7 Å². The monoisotopic (exact) mass is 1290 g/mol. The van der Waals surface area contributed by atoms with E-state index < -0.39 is 18.3 Å². The minimum atomic E-state index is -0.484. The number of carbonyl (C=O) groups is 3. The van der Waals surface area contributed by atoms with Gasteiger partial charge in [-0.05, 0) is 157 Å². The lowest BCUT2D eigenvalue weighted by Crippen LogP contribution is -2.35. The number of aliphatic hydroxyl groups is 3. The standard InChI is InChI=1S/3C27H30N2O3/c3*1-18-21(9-6-10-24(18)20-7-4-3-5-8-20)17-32-23-11-12-25-22(15-23)16-26(31)27(25)29-14-13-28-19(2)30/h3*3-12,15,26-27,29,31H,13-14,16-17H2,1-2H3,(H,28,30)/t3*26-,27+/m100/s1. The first-order valence-electron chi connectivity index (χ1n) is 33.2. The van der Waals surface area contributed by atoms with Gasteiger partial charge in [0.1, 0.15) is 37.1 Å². The number of aliphatic hydroxyl groups excluding tert-OH is 3. The summed E-state index contributed by atoms with van der Waals surface area (Å²) >= 11 is 0. The summed E-state index contributed by atoms with van der Waals surface area (Å²) in [6, 6.07) is 67.8. The fourth-order valence-electron chi connectivity index (χ4n) is 13.0. The normalized spacial score (nSPS) is 17.1. The van der Waals surface area contributed by atoms with Gasteiger partial charge in [-0.3, -0.25) is 14.4 Å². The fourth-order valence-corrected chi connectivity index (χ4v) is 13.0. The summed E-state index contributed by atoms with van der Waals surface area (Å²) in [5, 5.41) is 49.8. The molecule has 6 atom stereocenters. The van der Waals surface area contributed by atoms with Crippen molar-refractivity contribution in [3.63, 3.8) is 0 Å². The molecule has 0 heterocycles. The van der Waals surface area contributed by atoms with E-state index in [-0.39, 0.29) is 35.8 Å². The van der Waals surface area contributed by atoms with Crippen molar-refractivity contribution in [1.82, 2.24) is 31.9 Å². The molecule has 0 aliphatic heterocycles. The van der Waals surface area contributed by atoms with Crippen LogP contribution in [0, 0.1) is 20.8 Å². The molecule has 9 N–H and O–H groups in total. The molecule has 0 spiro atoms. The van der Waals surface area contributed by atoms with Crippen LogP contribution in [0.2, 0.25) is 0 Å². The molecule has 96 heavy (non-hydrogen) atoms. The summed E-state index contributed by atoms with van der Waals surface area (Å²) in [4.78, 5) is 33.0. The Morgan fingerprint density at radius 2 is 0.625 bits per heavy atom. The van der Waals surface area contributed by atoms with E-state index in [1.807, 2.05) is 72.8 Å². The summed E-state index contributed by atoms with van der Waals surface area (Å²) in [7, 11) is 0. The lowest BCUT2D eigenvalue weighted by atomic mass is 9.97. The zero-order valence-corrected chi connectivity index (χ0v) is 55.8. The maximum absolute atomic E-state index is 11.0. The molecule has 15 nitrogen and oxygen atoms in total. The van der Waals surface area contributed by atoms with Crippen LogP contribution in [0.4, 0.5) is 0 Å². The molecule has 0 saturated heterocycles. The second-order valence-corrected chi connectivity index (χ2v) is 24.9. The first-order valence-corrected chi connectivity index (χ1v) is 33.2. The Morgan fingerprint density at radius 1 is 0.354 bits per heavy atom. The summed E-state index contributed by atoms with van der Waals surface area (Å²) in [5.41, 5.74) is 21.0. The third-order valence-electron chi connectivity index (χ3n) is 18.2. The van der Waals surface area contributed by atoms with Crippen molar-refractivity contribution >= 4 is 17.7 Å². The Hall–Kier alpha value is -9.45. The minimum absolute atomic E-state index is 0.0505. The van der Waals surface area contributed by atoms with E-state index in [2.05, 4.69) is 180 Å². The highest BCUT2D eigenvalue weighted by atomic mass is 16.5. The van der Waals surface area contributed by atoms with Gasteiger partial charge >= 0.3 is 0 Å². The predicted octanol–water partition coefficient (Wildman–Crippen LogP) is 11.8. The summed E-state index contributed by atoms with van der Waals surface area (Å²) in [5.74, 6) is 2.26. The molecule has 0 bridgehead atoms. The van der Waals surface area contributed by atoms with Gasteiger partial charge in [0, 0.05) is 79.3 Å². The molecule has 3 aliphatic rings. The molecular weight excluding hydrogens is 1200 g/mol. The molecule has 0 radical (unpaired) electrons. The van der Waals surface area contributed by atoms with Crippen LogP contribution in [0.1, 0.15) is 106 Å². The van der Waals surface area contributed by atoms with Gasteiger partial charge in [-0.15, -0.1) is 0 Å². The third kappa shape index (κ3) is 18.3. The van der Waals surface area contributed by atoms with Gasteiger partial charge in [-0.1, -0.05) is 164 Å². The number of benzene rings is 9. The van der Waals surface area contributed by atoms with E-state index in [1.165, 1.54) is 70.8 Å². The van der Waals surface area contributed by atoms with Crippen molar-refractivity contribution in [2.75, 3.05) is 39.3 Å². The highest BCUT2D eigenvalue weighted by Gasteiger charge is 2.33. The van der Waals surface area contributed by atoms with Crippen molar-refractivity contribution in [2.24, 2.45) is 0 Å². The lowest BCUT2D eigenvalue weighted by molar-refractivity contribution is -0.119. The van der Waals surface area contributed by atoms with Gasteiger partial charge in [0.25, 0.3) is 0 Å². The minimum Gasteiger partial charge on any atom is -0.489 e. The second kappa shape index (κ2) is 33.8. The number of rotatable bonds is 24. The number of hydrogen-bond donors (Lipinski definition) is 9. The van der Waals surface area contributed by atoms with Gasteiger partial charge < -0.3 is 61.4 Å². The summed E-state index contributed by atoms with van der Waals surface area (Å²) in [6.07, 6.45) is 0.319. The quantitative estimate of drug-likeness (QED) is 0.0259. The van der Waals surface area contributed by atoms with E-state index in [9.17, 15) is 29.7 Å². The Kier molecular flexibility index (Phi) is 24.4. The van der Waals surface area contributed by atoms with E-state index in [1.54, 1.807) is 0 Å². The number of fused-ring (bicyclic) bond motifs is 3. The largest absolute Gasteiger partial charge is 0.489 e. The average molecular weight is 1290 g/mol. The van der Waals surface area contributed by atoms with Crippen molar-refractivity contribution < 1.29 is 43.9 Å². The van der Waals surface area contributed by atoms with E-state index in [4.69, 9.17) is 14.2 Å². The van der Waals surface area contributed by atoms with Crippen molar-refractivity contribution in [1.29, 1.82) is 0 Å². The highest BCUT2D eigenvalue weighted by Crippen LogP contribution is 2.38. The number of carbonyl (C=O) groups excluding carboxylic acids is 3. The van der Waals surface area contributed by atoms with Crippen molar-refractivity contribution in [2.45, 2.75) is 117 Å². The molecule has 0 saturated carbocycles. The molecule has 9 aromatic carbocycles. The van der Waals surface area contributed by atoms with E-state index in [0.29, 0.717) is 78.4 Å². The lowest BCUT2D eigenvalue weighted by Gasteiger charge is -2.18. The van der Waals surface area contributed by atoms with Crippen molar-refractivity contribution in [3.05, 3.63) is 267 Å². The summed E-state index contributed by atoms with van der Waals surface area (Å²) < 4.78 is 18.4. The topological polar surface area (TPSA) is 212 Å². The van der Waals surface area contributed by atoms with Crippen LogP contribution >= 0.6 is 0 Å². The first kappa shape index (κ1) is 69.4. The number of amides is 3. The highest BCUT2D eigenvalue weighted by molar-refractivity contribution is 5.74. The van der Waals surface area contributed by atoms with Crippen LogP contribution in [-0.2, 0) is 53.5 Å². The first-order chi connectivity index (χ1) is 46.6. The second-order valence-electron chi connectivity index (χ2n) is 24.9. The molecule has 3 amide bonds. The number of nitrogens with one attached hydrogen (secondary N) is 6. The molecule has 12 rings (SSSR count). The van der Waals surface area contributed by atoms with Crippen LogP contribution in [-0.4, -0.2) is 90.6 Å². The van der Waals surface area contributed by atoms with Crippen LogP contribution < -0.4 is 46.1 Å². The van der Waals surface area contributed by atoms with Crippen molar-refractivity contribution in [3.8, 4) is 50.6 Å². The molecule has 3 aliphatic carbocycles. The van der Waals surface area contributed by atoms with Crippen LogP contribution in [0.3, 0.4) is 0 Å². The fraction of sp³-hybridized carbons (Fsp3) is 0.296. The summed E-state index contributed by atoms with van der Waals surface area (Å²) in [6.45, 7) is 15.8. The maximum atomic E-state index is 11.0. The Bertz CT molecular complexity index is 3660. The van der Waals surface area contributed by atoms with Gasteiger partial charge in [0.05, 0.1) is 36.4 Å². The molecule has 15 heteroatoms. The molecule has 0 fully saturated rings. The zero-order chi connectivity index (χ0) is 67.5. The van der Waals surface area contributed by atoms with E-state index in [0.717, 1.165) is 67.3 Å². The smallest absolute Gasteiger partial charge is 0.216 e. The predicted molar refractivity (Wildman–Crippen MR) is 380 cm³/mol. The SMILES string of the molecule is CC(=O)NCCN[C@@H]1c2ccc(OCc3cccc(-c4ccccc4)c3C)cc2C[C@@H]1O.CC(=O)NCCN[C@@H]1c2ccc(OCc3cccc(-c4ccccc4)c3C)cc2C[C@@H]1O.CC(=O)NCCN[C@H]1c2ccc(OCc3cccc(-c4ccccc4)c3C)cc2C[C@H]1O. The molecule has 498 valence electrons. The molecule has 0 unspecified atom stereocenters. The Labute approximate surface area is 564 Å². The number of hydrogen-bond acceptors (Lipinski definition) is 12.